The van der Waals surface area contributed by atoms with Gasteiger partial charge in [0.05, 0.1) is 18.4 Å². The molecule has 1 aliphatic rings. The number of carboxylic acid groups (broad SMARTS) is 1. The van der Waals surface area contributed by atoms with Gasteiger partial charge in [-0.1, -0.05) is 20.8 Å². The summed E-state index contributed by atoms with van der Waals surface area (Å²) >= 11 is 0. The van der Waals surface area contributed by atoms with Crippen LogP contribution in [-0.4, -0.2) is 48.1 Å². The number of carbonyl (C=O) groups is 3. The average Bonchev–Trinajstić information content (AvgIpc) is 2.79. The van der Waals surface area contributed by atoms with Crippen LogP contribution in [0.1, 0.15) is 34.1 Å². The van der Waals surface area contributed by atoms with Crippen LogP contribution in [0.15, 0.2) is 0 Å². The summed E-state index contributed by atoms with van der Waals surface area (Å²) in [4.78, 5) is 37.1. The smallest absolute Gasteiger partial charge is 0.310 e. The first-order valence-electron chi connectivity index (χ1n) is 7.22. The number of esters is 1. The predicted octanol–water partition coefficient (Wildman–Crippen LogP) is 1.39. The largest absolute Gasteiger partial charge is 0.481 e. The van der Waals surface area contributed by atoms with E-state index in [0.717, 1.165) is 0 Å². The highest BCUT2D eigenvalue weighted by atomic mass is 16.5. The van der Waals surface area contributed by atoms with Gasteiger partial charge in [-0.3, -0.25) is 14.4 Å². The number of hydrogen-bond acceptors (Lipinski definition) is 4. The summed E-state index contributed by atoms with van der Waals surface area (Å²) in [7, 11) is 1.33. The maximum absolute atomic E-state index is 12.4. The number of likely N-dealkylation sites (tertiary alicyclic amines) is 1. The van der Waals surface area contributed by atoms with Crippen molar-refractivity contribution in [1.29, 1.82) is 0 Å². The van der Waals surface area contributed by atoms with E-state index < -0.39 is 11.4 Å². The highest BCUT2D eigenvalue weighted by Gasteiger charge is 2.43. The fourth-order valence-electron chi connectivity index (χ4n) is 2.58. The number of nitrogens with zero attached hydrogens (tertiary/aromatic N) is 1. The number of carbonyl (C=O) groups excluding carboxylic acids is 2. The Morgan fingerprint density at radius 3 is 2.33 bits per heavy atom. The minimum Gasteiger partial charge on any atom is -0.481 e. The van der Waals surface area contributed by atoms with Gasteiger partial charge in [0, 0.05) is 19.5 Å². The Morgan fingerprint density at radius 1 is 1.33 bits per heavy atom. The zero-order valence-corrected chi connectivity index (χ0v) is 13.4. The summed E-state index contributed by atoms with van der Waals surface area (Å²) in [6, 6.07) is 0. The second-order valence-corrected chi connectivity index (χ2v) is 6.46. The third-order valence-corrected chi connectivity index (χ3v) is 4.75. The average molecular weight is 299 g/mol. The van der Waals surface area contributed by atoms with Crippen molar-refractivity contribution in [2.75, 3.05) is 20.2 Å². The molecule has 0 aliphatic carbocycles. The molecule has 1 fully saturated rings. The van der Waals surface area contributed by atoms with Crippen LogP contribution in [0.2, 0.25) is 0 Å². The van der Waals surface area contributed by atoms with Crippen molar-refractivity contribution in [2.24, 2.45) is 23.2 Å². The molecule has 0 bridgehead atoms. The van der Waals surface area contributed by atoms with E-state index in [-0.39, 0.29) is 36.1 Å². The maximum atomic E-state index is 12.4. The molecule has 6 nitrogen and oxygen atoms in total. The molecule has 1 N–H and O–H groups in total. The van der Waals surface area contributed by atoms with Crippen LogP contribution in [0.3, 0.4) is 0 Å². The highest BCUT2D eigenvalue weighted by Crippen LogP contribution is 2.33. The van der Waals surface area contributed by atoms with E-state index in [2.05, 4.69) is 0 Å². The number of hydrogen-bond donors (Lipinski definition) is 1. The second kappa shape index (κ2) is 6.45. The molecular weight excluding hydrogens is 274 g/mol. The van der Waals surface area contributed by atoms with Crippen LogP contribution in [-0.2, 0) is 19.1 Å². The van der Waals surface area contributed by atoms with Crippen molar-refractivity contribution in [3.8, 4) is 0 Å². The van der Waals surface area contributed by atoms with Gasteiger partial charge in [0.2, 0.25) is 5.91 Å². The maximum Gasteiger partial charge on any atom is 0.310 e. The topological polar surface area (TPSA) is 83.9 Å². The molecule has 120 valence electrons. The lowest BCUT2D eigenvalue weighted by atomic mass is 9.76. The van der Waals surface area contributed by atoms with E-state index >= 15 is 0 Å². The quantitative estimate of drug-likeness (QED) is 0.776. The lowest BCUT2D eigenvalue weighted by Crippen LogP contribution is -2.40. The number of carboxylic acids is 1. The Kier molecular flexibility index (Phi) is 5.36. The molecule has 3 atom stereocenters. The van der Waals surface area contributed by atoms with E-state index in [1.54, 1.807) is 25.7 Å². The number of aliphatic carboxylic acids is 1. The fraction of sp³-hybridized carbons (Fsp3) is 0.800. The molecule has 1 heterocycles. The zero-order valence-electron chi connectivity index (χ0n) is 13.4. The van der Waals surface area contributed by atoms with Gasteiger partial charge in [-0.15, -0.1) is 0 Å². The molecule has 0 aromatic carbocycles. The summed E-state index contributed by atoms with van der Waals surface area (Å²) in [5.41, 5.74) is -1.09. The van der Waals surface area contributed by atoms with E-state index in [1.165, 1.54) is 7.11 Å². The van der Waals surface area contributed by atoms with Crippen molar-refractivity contribution < 1.29 is 24.2 Å². The van der Waals surface area contributed by atoms with Gasteiger partial charge in [0.25, 0.3) is 0 Å². The minimum absolute atomic E-state index is 0.0246. The molecule has 3 unspecified atom stereocenters. The molecule has 0 spiro atoms. The predicted molar refractivity (Wildman–Crippen MR) is 76.4 cm³/mol. The van der Waals surface area contributed by atoms with Gasteiger partial charge < -0.3 is 14.7 Å². The summed E-state index contributed by atoms with van der Waals surface area (Å²) < 4.78 is 4.74. The number of amides is 1. The Bertz CT molecular complexity index is 434. The number of methoxy groups -OCH3 is 1. The highest BCUT2D eigenvalue weighted by molar-refractivity contribution is 5.86. The molecule has 0 aromatic rings. The first-order valence-corrected chi connectivity index (χ1v) is 7.22. The lowest BCUT2D eigenvalue weighted by molar-refractivity contribution is -0.155. The van der Waals surface area contributed by atoms with Gasteiger partial charge in [0.1, 0.15) is 0 Å². The van der Waals surface area contributed by atoms with Crippen molar-refractivity contribution in [1.82, 2.24) is 4.90 Å². The fourth-order valence-corrected chi connectivity index (χ4v) is 2.58. The van der Waals surface area contributed by atoms with Gasteiger partial charge >= 0.3 is 11.9 Å². The Balaban J connectivity index is 2.78. The number of ether oxygens (including phenoxy) is 1. The normalized spacial score (nSPS) is 24.8. The van der Waals surface area contributed by atoms with Gasteiger partial charge in [-0.2, -0.15) is 0 Å². The number of rotatable bonds is 5. The molecule has 1 rings (SSSR count). The molecular formula is C15H25NO5. The summed E-state index contributed by atoms with van der Waals surface area (Å²) in [6.45, 7) is 7.85. The van der Waals surface area contributed by atoms with Crippen molar-refractivity contribution in [3.63, 3.8) is 0 Å². The van der Waals surface area contributed by atoms with Crippen LogP contribution in [0.5, 0.6) is 0 Å². The van der Waals surface area contributed by atoms with E-state index in [9.17, 15) is 19.5 Å². The van der Waals surface area contributed by atoms with E-state index in [0.29, 0.717) is 13.1 Å². The first-order chi connectivity index (χ1) is 9.63. The zero-order chi connectivity index (χ0) is 16.4. The van der Waals surface area contributed by atoms with Crippen LogP contribution in [0, 0.1) is 23.2 Å². The molecule has 0 aromatic heterocycles. The molecule has 1 aliphatic heterocycles. The van der Waals surface area contributed by atoms with Crippen LogP contribution in [0.25, 0.3) is 0 Å². The van der Waals surface area contributed by atoms with E-state index in [1.807, 2.05) is 6.92 Å². The van der Waals surface area contributed by atoms with Crippen LogP contribution >= 0.6 is 0 Å². The van der Waals surface area contributed by atoms with Gasteiger partial charge in [0.15, 0.2) is 0 Å². The first kappa shape index (κ1) is 17.5. The molecule has 0 saturated carbocycles. The molecule has 1 amide bonds. The van der Waals surface area contributed by atoms with Gasteiger partial charge in [-0.25, -0.2) is 0 Å². The lowest BCUT2D eigenvalue weighted by Gasteiger charge is -2.30. The standard InChI is InChI=1S/C15H25NO5/c1-9(2)15(4,14(19)20)6-12(17)16-7-10(3)11(8-16)13(18)21-5/h9-11H,6-8H2,1-5H3,(H,19,20). The molecule has 0 radical (unpaired) electrons. The Morgan fingerprint density at radius 2 is 1.90 bits per heavy atom. The SMILES string of the molecule is COC(=O)C1CN(C(=O)CC(C)(C(=O)O)C(C)C)CC1C. The van der Waals surface area contributed by atoms with Crippen molar-refractivity contribution >= 4 is 17.8 Å². The Hall–Kier alpha value is -1.59. The molecule has 6 heteroatoms. The molecule has 21 heavy (non-hydrogen) atoms. The monoisotopic (exact) mass is 299 g/mol. The van der Waals surface area contributed by atoms with Crippen LogP contribution < -0.4 is 0 Å². The van der Waals surface area contributed by atoms with Gasteiger partial charge in [-0.05, 0) is 18.8 Å². The molecule has 1 saturated heterocycles. The van der Waals surface area contributed by atoms with Crippen molar-refractivity contribution in [2.45, 2.75) is 34.1 Å². The second-order valence-electron chi connectivity index (χ2n) is 6.46. The third-order valence-electron chi connectivity index (χ3n) is 4.75. The van der Waals surface area contributed by atoms with Crippen LogP contribution in [0.4, 0.5) is 0 Å². The van der Waals surface area contributed by atoms with Crippen molar-refractivity contribution in [3.05, 3.63) is 0 Å². The summed E-state index contributed by atoms with van der Waals surface area (Å²) in [5, 5.41) is 9.38. The minimum atomic E-state index is -1.09. The Labute approximate surface area is 125 Å². The van der Waals surface area contributed by atoms with E-state index in [4.69, 9.17) is 4.74 Å². The summed E-state index contributed by atoms with van der Waals surface area (Å²) in [5.74, 6) is -1.96. The third kappa shape index (κ3) is 3.54. The summed E-state index contributed by atoms with van der Waals surface area (Å²) in [6.07, 6.45) is -0.0549.